The van der Waals surface area contributed by atoms with Gasteiger partial charge in [0, 0.05) is 30.3 Å². The number of carboxylic acid groups (broad SMARTS) is 1. The number of hydrogen-bond donors (Lipinski definition) is 1. The molecule has 3 aromatic rings. The summed E-state index contributed by atoms with van der Waals surface area (Å²) < 4.78 is 7.98. The molecule has 10 heteroatoms. The Labute approximate surface area is 261 Å². The summed E-state index contributed by atoms with van der Waals surface area (Å²) in [6, 6.07) is 15.4. The molecule has 42 heavy (non-hydrogen) atoms. The quantitative estimate of drug-likeness (QED) is 0.0972. The van der Waals surface area contributed by atoms with E-state index >= 15 is 0 Å². The topological polar surface area (TPSA) is 84.7 Å². The van der Waals surface area contributed by atoms with Crippen LogP contribution in [0.15, 0.2) is 59.6 Å². The van der Waals surface area contributed by atoms with Crippen molar-refractivity contribution in [2.75, 3.05) is 13.2 Å². The predicted octanol–water partition coefficient (Wildman–Crippen LogP) is 8.39. The first-order chi connectivity index (χ1) is 20.4. The van der Waals surface area contributed by atoms with Crippen LogP contribution in [0.1, 0.15) is 70.3 Å². The molecular formula is C32H36ClN3O4S2. The molecule has 0 saturated carbocycles. The van der Waals surface area contributed by atoms with Crippen LogP contribution in [-0.4, -0.2) is 49.1 Å². The standard InChI is InChI=1S/C32H36ClN3O4S2/c1-2-40-27-18-17-23(20-26(27)33)30-24(22-36(34-30)25-14-10-9-11-15-25)21-28-31(39)35(32(41)42-28)19-13-8-6-4-3-5-7-12-16-29(37)38/h9-11,14-15,17-18,20-22H,2-8,12-13,16,19H2,1H3,(H,37,38)/b28-21-. The fraction of sp³-hybridized carbons (Fsp3) is 0.375. The van der Waals surface area contributed by atoms with Gasteiger partial charge < -0.3 is 9.84 Å². The summed E-state index contributed by atoms with van der Waals surface area (Å²) >= 11 is 13.4. The lowest BCUT2D eigenvalue weighted by atomic mass is 10.1. The molecule has 1 aliphatic heterocycles. The van der Waals surface area contributed by atoms with Gasteiger partial charge in [-0.1, -0.05) is 92.3 Å². The van der Waals surface area contributed by atoms with Crippen LogP contribution >= 0.6 is 35.6 Å². The number of benzene rings is 2. The lowest BCUT2D eigenvalue weighted by Crippen LogP contribution is -2.29. The van der Waals surface area contributed by atoms with Crippen LogP contribution in [0.4, 0.5) is 0 Å². The number of carbonyl (C=O) groups excluding carboxylic acids is 1. The van der Waals surface area contributed by atoms with Crippen molar-refractivity contribution in [2.24, 2.45) is 0 Å². The van der Waals surface area contributed by atoms with Gasteiger partial charge in [-0.05, 0) is 56.2 Å². The Hall–Kier alpha value is -3.14. The van der Waals surface area contributed by atoms with E-state index in [1.807, 2.05) is 67.7 Å². The maximum absolute atomic E-state index is 13.4. The Balaban J connectivity index is 1.42. The minimum absolute atomic E-state index is 0.0773. The van der Waals surface area contributed by atoms with Crippen LogP contribution in [0.5, 0.6) is 5.75 Å². The zero-order valence-corrected chi connectivity index (χ0v) is 26.1. The molecule has 2 heterocycles. The molecule has 7 nitrogen and oxygen atoms in total. The summed E-state index contributed by atoms with van der Waals surface area (Å²) in [6.45, 7) is 3.03. The number of para-hydroxylation sites is 1. The van der Waals surface area contributed by atoms with Crippen LogP contribution in [0.25, 0.3) is 23.0 Å². The van der Waals surface area contributed by atoms with Gasteiger partial charge in [0.25, 0.3) is 5.91 Å². The Kier molecular flexibility index (Phi) is 12.0. The van der Waals surface area contributed by atoms with E-state index in [9.17, 15) is 9.59 Å². The third-order valence-electron chi connectivity index (χ3n) is 6.95. The third kappa shape index (κ3) is 8.69. The molecule has 4 rings (SSSR count). The van der Waals surface area contributed by atoms with Gasteiger partial charge in [0.15, 0.2) is 0 Å². The number of thiocarbonyl (C=S) groups is 1. The monoisotopic (exact) mass is 625 g/mol. The Bertz CT molecular complexity index is 1420. The molecule has 1 saturated heterocycles. The normalized spacial score (nSPS) is 14.2. The molecule has 0 radical (unpaired) electrons. The van der Waals surface area contributed by atoms with Crippen molar-refractivity contribution >= 4 is 57.9 Å². The Morgan fingerprint density at radius 3 is 2.40 bits per heavy atom. The number of unbranched alkanes of at least 4 members (excludes halogenated alkanes) is 7. The van der Waals surface area contributed by atoms with Gasteiger partial charge in [-0.15, -0.1) is 0 Å². The summed E-state index contributed by atoms with van der Waals surface area (Å²) in [4.78, 5) is 26.2. The summed E-state index contributed by atoms with van der Waals surface area (Å²) in [6.07, 6.45) is 12.1. The summed E-state index contributed by atoms with van der Waals surface area (Å²) in [7, 11) is 0. The van der Waals surface area contributed by atoms with Crippen LogP contribution in [0, 0.1) is 0 Å². The van der Waals surface area contributed by atoms with Crippen molar-refractivity contribution in [3.63, 3.8) is 0 Å². The maximum Gasteiger partial charge on any atom is 0.303 e. The van der Waals surface area contributed by atoms with Crippen molar-refractivity contribution in [2.45, 2.75) is 64.7 Å². The molecule has 1 aromatic heterocycles. The van der Waals surface area contributed by atoms with E-state index in [2.05, 4.69) is 0 Å². The van der Waals surface area contributed by atoms with Crippen molar-refractivity contribution < 1.29 is 19.4 Å². The number of carboxylic acids is 1. The number of hydrogen-bond acceptors (Lipinski definition) is 6. The molecule has 0 spiro atoms. The second-order valence-corrected chi connectivity index (χ2v) is 12.2. The van der Waals surface area contributed by atoms with E-state index in [1.165, 1.54) is 11.8 Å². The van der Waals surface area contributed by atoms with Crippen molar-refractivity contribution in [1.82, 2.24) is 14.7 Å². The van der Waals surface area contributed by atoms with Crippen molar-refractivity contribution in [1.29, 1.82) is 0 Å². The van der Waals surface area contributed by atoms with Crippen LogP contribution < -0.4 is 4.74 Å². The highest BCUT2D eigenvalue weighted by Crippen LogP contribution is 2.36. The first kappa shape index (κ1) is 31.8. The lowest BCUT2D eigenvalue weighted by Gasteiger charge is -2.14. The summed E-state index contributed by atoms with van der Waals surface area (Å²) in [5.41, 5.74) is 3.23. The van der Waals surface area contributed by atoms with Gasteiger partial charge in [-0.2, -0.15) is 5.10 Å². The number of halogens is 1. The van der Waals surface area contributed by atoms with E-state index in [1.54, 1.807) is 9.58 Å². The minimum Gasteiger partial charge on any atom is -0.492 e. The molecular weight excluding hydrogens is 590 g/mol. The largest absolute Gasteiger partial charge is 0.492 e. The number of amides is 1. The number of carbonyl (C=O) groups is 2. The van der Waals surface area contributed by atoms with Crippen LogP contribution in [-0.2, 0) is 9.59 Å². The van der Waals surface area contributed by atoms with Crippen molar-refractivity contribution in [3.8, 4) is 22.7 Å². The zero-order chi connectivity index (χ0) is 29.9. The van der Waals surface area contributed by atoms with E-state index in [0.717, 1.165) is 68.2 Å². The molecule has 0 unspecified atom stereocenters. The summed E-state index contributed by atoms with van der Waals surface area (Å²) in [5.74, 6) is -0.184. The average molecular weight is 626 g/mol. The van der Waals surface area contributed by atoms with Gasteiger partial charge in [0.2, 0.25) is 0 Å². The highest BCUT2D eigenvalue weighted by Gasteiger charge is 2.32. The second-order valence-electron chi connectivity index (χ2n) is 10.1. The fourth-order valence-corrected chi connectivity index (χ4v) is 6.33. The first-order valence-electron chi connectivity index (χ1n) is 14.4. The highest BCUT2D eigenvalue weighted by atomic mass is 35.5. The second kappa shape index (κ2) is 15.9. The highest BCUT2D eigenvalue weighted by molar-refractivity contribution is 8.26. The van der Waals surface area contributed by atoms with Gasteiger partial charge >= 0.3 is 5.97 Å². The molecule has 1 N–H and O–H groups in total. The lowest BCUT2D eigenvalue weighted by molar-refractivity contribution is -0.137. The molecule has 222 valence electrons. The molecule has 0 atom stereocenters. The first-order valence-corrected chi connectivity index (χ1v) is 16.0. The molecule has 0 bridgehead atoms. The number of rotatable bonds is 16. The van der Waals surface area contributed by atoms with Gasteiger partial charge in [0.1, 0.15) is 15.8 Å². The SMILES string of the molecule is CCOc1ccc(-c2nn(-c3ccccc3)cc2/C=C2\SC(=S)N(CCCCCCCCCCC(=O)O)C2=O)cc1Cl. The predicted molar refractivity (Wildman–Crippen MR) is 174 cm³/mol. The smallest absolute Gasteiger partial charge is 0.303 e. The summed E-state index contributed by atoms with van der Waals surface area (Å²) in [5, 5.41) is 14.1. The van der Waals surface area contributed by atoms with E-state index in [-0.39, 0.29) is 12.3 Å². The number of nitrogens with zero attached hydrogens (tertiary/aromatic N) is 3. The molecule has 1 fully saturated rings. The van der Waals surface area contributed by atoms with E-state index < -0.39 is 5.97 Å². The number of aliphatic carboxylic acids is 1. The molecule has 1 amide bonds. The Morgan fingerprint density at radius 2 is 1.74 bits per heavy atom. The fourth-order valence-electron chi connectivity index (χ4n) is 4.79. The van der Waals surface area contributed by atoms with Crippen LogP contribution in [0.3, 0.4) is 0 Å². The van der Waals surface area contributed by atoms with E-state index in [4.69, 9.17) is 38.8 Å². The molecule has 1 aliphatic rings. The number of ether oxygens (including phenoxy) is 1. The van der Waals surface area contributed by atoms with E-state index in [0.29, 0.717) is 38.8 Å². The van der Waals surface area contributed by atoms with Gasteiger partial charge in [-0.3, -0.25) is 14.5 Å². The third-order valence-corrected chi connectivity index (χ3v) is 8.62. The van der Waals surface area contributed by atoms with Crippen LogP contribution in [0.2, 0.25) is 5.02 Å². The van der Waals surface area contributed by atoms with Crippen molar-refractivity contribution in [3.05, 3.63) is 70.2 Å². The van der Waals surface area contributed by atoms with Gasteiger partial charge in [0.05, 0.1) is 22.2 Å². The minimum atomic E-state index is -0.721. The number of aromatic nitrogens is 2. The molecule has 0 aliphatic carbocycles. The Morgan fingerprint density at radius 1 is 1.05 bits per heavy atom. The maximum atomic E-state index is 13.4. The average Bonchev–Trinajstić information content (AvgIpc) is 3.51. The zero-order valence-electron chi connectivity index (χ0n) is 23.8. The molecule has 2 aromatic carbocycles. The number of thioether (sulfide) groups is 1. The van der Waals surface area contributed by atoms with Gasteiger partial charge in [-0.25, -0.2) is 4.68 Å².